The molecule has 24 heavy (non-hydrogen) atoms. The van der Waals surface area contributed by atoms with Crippen molar-refractivity contribution >= 4 is 28.9 Å². The Hall–Kier alpha value is -3.00. The van der Waals surface area contributed by atoms with Gasteiger partial charge in [0.2, 0.25) is 0 Å². The minimum absolute atomic E-state index is 0.171. The minimum atomic E-state index is -0.790. The highest BCUT2D eigenvalue weighted by Crippen LogP contribution is 2.25. The maximum absolute atomic E-state index is 12.3. The number of nitro benzene ring substituents is 2. The molecule has 0 aliphatic heterocycles. The van der Waals surface area contributed by atoms with Gasteiger partial charge in [0, 0.05) is 17.2 Å². The van der Waals surface area contributed by atoms with Gasteiger partial charge in [-0.05, 0) is 18.6 Å². The summed E-state index contributed by atoms with van der Waals surface area (Å²) in [5.41, 5.74) is -0.568. The molecule has 2 rings (SSSR count). The Kier molecular flexibility index (Phi) is 5.10. The molecule has 1 N–H and O–H groups in total. The number of carbonyl (C=O) groups is 1. The van der Waals surface area contributed by atoms with E-state index in [-0.39, 0.29) is 5.56 Å². The highest BCUT2D eigenvalue weighted by molar-refractivity contribution is 6.31. The third kappa shape index (κ3) is 3.85. The lowest BCUT2D eigenvalue weighted by Crippen LogP contribution is -2.27. The van der Waals surface area contributed by atoms with E-state index in [1.54, 1.807) is 31.2 Å². The summed E-state index contributed by atoms with van der Waals surface area (Å²) in [6, 6.07) is 9.18. The van der Waals surface area contributed by atoms with Crippen LogP contribution in [0.15, 0.2) is 42.5 Å². The smallest absolute Gasteiger partial charge is 0.277 e. The molecule has 1 atom stereocenters. The molecule has 1 unspecified atom stereocenters. The number of non-ortho nitro benzene ring substituents is 2. The van der Waals surface area contributed by atoms with Gasteiger partial charge in [-0.3, -0.25) is 25.0 Å². The van der Waals surface area contributed by atoms with E-state index in [9.17, 15) is 25.0 Å². The number of rotatable bonds is 5. The van der Waals surface area contributed by atoms with Gasteiger partial charge in [0.25, 0.3) is 17.3 Å². The Labute approximate surface area is 141 Å². The summed E-state index contributed by atoms with van der Waals surface area (Å²) < 4.78 is 0. The first-order valence-corrected chi connectivity index (χ1v) is 7.16. The standard InChI is InChI=1S/C15H12ClN3O5/c1-9(13-4-2-3-5-14(13)16)17-15(20)10-6-11(18(21)22)8-12(7-10)19(23)24/h2-9H,1H3,(H,17,20). The topological polar surface area (TPSA) is 115 Å². The van der Waals surface area contributed by atoms with E-state index < -0.39 is 33.2 Å². The van der Waals surface area contributed by atoms with Crippen molar-refractivity contribution in [1.29, 1.82) is 0 Å². The Bertz CT molecular complexity index is 792. The number of benzene rings is 2. The van der Waals surface area contributed by atoms with Crippen LogP contribution < -0.4 is 5.32 Å². The lowest BCUT2D eigenvalue weighted by atomic mass is 10.1. The van der Waals surface area contributed by atoms with Gasteiger partial charge in [0.1, 0.15) is 0 Å². The molecular formula is C15H12ClN3O5. The van der Waals surface area contributed by atoms with Crippen molar-refractivity contribution in [3.63, 3.8) is 0 Å². The van der Waals surface area contributed by atoms with E-state index >= 15 is 0 Å². The molecule has 0 aliphatic carbocycles. The second kappa shape index (κ2) is 7.05. The SMILES string of the molecule is CC(NC(=O)c1cc([N+](=O)[O-])cc([N+](=O)[O-])c1)c1ccccc1Cl. The van der Waals surface area contributed by atoms with Gasteiger partial charge in [0.15, 0.2) is 0 Å². The fraction of sp³-hybridized carbons (Fsp3) is 0.133. The van der Waals surface area contributed by atoms with Crippen molar-refractivity contribution in [3.8, 4) is 0 Å². The number of nitro groups is 2. The summed E-state index contributed by atoms with van der Waals surface area (Å²) in [6.45, 7) is 1.69. The molecule has 9 heteroatoms. The average Bonchev–Trinajstić information content (AvgIpc) is 2.54. The van der Waals surface area contributed by atoms with Crippen molar-refractivity contribution in [3.05, 3.63) is 78.8 Å². The van der Waals surface area contributed by atoms with E-state index in [0.717, 1.165) is 18.2 Å². The van der Waals surface area contributed by atoms with Gasteiger partial charge in [-0.1, -0.05) is 29.8 Å². The predicted molar refractivity (Wildman–Crippen MR) is 87.1 cm³/mol. The van der Waals surface area contributed by atoms with Crippen LogP contribution in [0.4, 0.5) is 11.4 Å². The number of hydrogen-bond donors (Lipinski definition) is 1. The van der Waals surface area contributed by atoms with Gasteiger partial charge in [-0.25, -0.2) is 0 Å². The van der Waals surface area contributed by atoms with E-state index in [2.05, 4.69) is 5.32 Å². The van der Waals surface area contributed by atoms with Crippen LogP contribution in [0.1, 0.15) is 28.9 Å². The van der Waals surface area contributed by atoms with Crippen LogP contribution in [0, 0.1) is 20.2 Å². The van der Waals surface area contributed by atoms with Gasteiger partial charge >= 0.3 is 0 Å². The van der Waals surface area contributed by atoms with Crippen LogP contribution in [-0.2, 0) is 0 Å². The van der Waals surface area contributed by atoms with Crippen LogP contribution in [0.5, 0.6) is 0 Å². The van der Waals surface area contributed by atoms with Gasteiger partial charge in [-0.2, -0.15) is 0 Å². The summed E-state index contributed by atoms with van der Waals surface area (Å²) >= 11 is 6.05. The van der Waals surface area contributed by atoms with Crippen LogP contribution >= 0.6 is 11.6 Å². The third-order valence-corrected chi connectivity index (χ3v) is 3.65. The Morgan fingerprint density at radius 3 is 2.12 bits per heavy atom. The molecule has 0 heterocycles. The zero-order valence-electron chi connectivity index (χ0n) is 12.4. The van der Waals surface area contributed by atoms with Crippen LogP contribution in [-0.4, -0.2) is 15.8 Å². The predicted octanol–water partition coefficient (Wildman–Crippen LogP) is 3.65. The first-order valence-electron chi connectivity index (χ1n) is 6.78. The lowest BCUT2D eigenvalue weighted by molar-refractivity contribution is -0.394. The molecule has 0 spiro atoms. The second-order valence-corrected chi connectivity index (χ2v) is 5.38. The Balaban J connectivity index is 2.31. The maximum atomic E-state index is 12.3. The second-order valence-electron chi connectivity index (χ2n) is 4.97. The number of nitrogens with one attached hydrogen (secondary N) is 1. The van der Waals surface area contributed by atoms with Crippen molar-refractivity contribution in [1.82, 2.24) is 5.32 Å². The highest BCUT2D eigenvalue weighted by Gasteiger charge is 2.21. The van der Waals surface area contributed by atoms with Crippen LogP contribution in [0.25, 0.3) is 0 Å². The lowest BCUT2D eigenvalue weighted by Gasteiger charge is -2.15. The molecule has 0 radical (unpaired) electrons. The summed E-state index contributed by atoms with van der Waals surface area (Å²) in [5, 5.41) is 24.8. The molecule has 124 valence electrons. The van der Waals surface area contributed by atoms with Crippen molar-refractivity contribution < 1.29 is 14.6 Å². The van der Waals surface area contributed by atoms with E-state index in [1.165, 1.54) is 0 Å². The zero-order valence-corrected chi connectivity index (χ0v) is 13.2. The number of amides is 1. The monoisotopic (exact) mass is 349 g/mol. The van der Waals surface area contributed by atoms with E-state index in [0.29, 0.717) is 10.6 Å². The number of halogens is 1. The van der Waals surface area contributed by atoms with Crippen molar-refractivity contribution in [2.24, 2.45) is 0 Å². The molecule has 0 fully saturated rings. The molecule has 0 aliphatic rings. The minimum Gasteiger partial charge on any atom is -0.345 e. The third-order valence-electron chi connectivity index (χ3n) is 3.31. The fourth-order valence-corrected chi connectivity index (χ4v) is 2.42. The van der Waals surface area contributed by atoms with Crippen molar-refractivity contribution in [2.45, 2.75) is 13.0 Å². The first-order chi connectivity index (χ1) is 11.3. The molecule has 0 saturated carbocycles. The molecule has 1 amide bonds. The summed E-state index contributed by atoms with van der Waals surface area (Å²) in [4.78, 5) is 32.5. The molecule has 0 aromatic heterocycles. The number of carbonyl (C=O) groups excluding carboxylic acids is 1. The van der Waals surface area contributed by atoms with E-state index in [1.807, 2.05) is 0 Å². The van der Waals surface area contributed by atoms with E-state index in [4.69, 9.17) is 11.6 Å². The quantitative estimate of drug-likeness (QED) is 0.653. The number of nitrogens with zero attached hydrogens (tertiary/aromatic N) is 2. The van der Waals surface area contributed by atoms with Crippen LogP contribution in [0.3, 0.4) is 0 Å². The Morgan fingerprint density at radius 1 is 1.08 bits per heavy atom. The first kappa shape index (κ1) is 17.4. The molecular weight excluding hydrogens is 338 g/mol. The normalized spacial score (nSPS) is 11.6. The van der Waals surface area contributed by atoms with Crippen molar-refractivity contribution in [2.75, 3.05) is 0 Å². The maximum Gasteiger partial charge on any atom is 0.277 e. The van der Waals surface area contributed by atoms with Crippen LogP contribution in [0.2, 0.25) is 5.02 Å². The van der Waals surface area contributed by atoms with Gasteiger partial charge in [-0.15, -0.1) is 0 Å². The summed E-state index contributed by atoms with van der Waals surface area (Å²) in [7, 11) is 0. The molecule has 2 aromatic rings. The average molecular weight is 350 g/mol. The molecule has 8 nitrogen and oxygen atoms in total. The fourth-order valence-electron chi connectivity index (χ4n) is 2.12. The van der Waals surface area contributed by atoms with Gasteiger partial charge < -0.3 is 5.32 Å². The highest BCUT2D eigenvalue weighted by atomic mass is 35.5. The zero-order chi connectivity index (χ0) is 17.9. The summed E-state index contributed by atoms with van der Waals surface area (Å²) in [6.07, 6.45) is 0. The largest absolute Gasteiger partial charge is 0.345 e. The molecule has 0 saturated heterocycles. The molecule has 2 aromatic carbocycles. The number of hydrogen-bond acceptors (Lipinski definition) is 5. The summed E-state index contributed by atoms with van der Waals surface area (Å²) in [5.74, 6) is -0.672. The molecule has 0 bridgehead atoms. The van der Waals surface area contributed by atoms with Gasteiger partial charge in [0.05, 0.1) is 27.5 Å². The Morgan fingerprint density at radius 2 is 1.62 bits per heavy atom.